The number of halogens is 1. The summed E-state index contributed by atoms with van der Waals surface area (Å²) >= 11 is 6.22. The zero-order chi connectivity index (χ0) is 24.0. The number of aromatic nitrogens is 3. The van der Waals surface area contributed by atoms with Crippen LogP contribution >= 0.6 is 11.6 Å². The van der Waals surface area contributed by atoms with Gasteiger partial charge in [0.05, 0.1) is 17.4 Å². The van der Waals surface area contributed by atoms with Crippen LogP contribution in [0.3, 0.4) is 0 Å². The van der Waals surface area contributed by atoms with Crippen LogP contribution in [-0.4, -0.2) is 44.4 Å². The number of fused-ring (bicyclic) bond motifs is 1. The summed E-state index contributed by atoms with van der Waals surface area (Å²) in [5.74, 6) is -0.327. The third kappa shape index (κ3) is 4.99. The second-order valence-corrected chi connectivity index (χ2v) is 10.9. The number of benzene rings is 1. The molecule has 1 saturated heterocycles. The summed E-state index contributed by atoms with van der Waals surface area (Å²) in [6.45, 7) is 11.7. The Balaban J connectivity index is 1.89. The molecule has 1 aliphatic heterocycles. The minimum atomic E-state index is -1.16. The maximum atomic E-state index is 12.3. The average molecular weight is 471 g/mol. The van der Waals surface area contributed by atoms with E-state index >= 15 is 0 Å². The molecule has 33 heavy (non-hydrogen) atoms. The van der Waals surface area contributed by atoms with E-state index in [-0.39, 0.29) is 5.41 Å². The molecular weight excluding hydrogens is 440 g/mol. The highest BCUT2D eigenvalue weighted by molar-refractivity contribution is 6.30. The molecule has 1 aliphatic rings. The van der Waals surface area contributed by atoms with Crippen LogP contribution in [0, 0.1) is 5.41 Å². The van der Waals surface area contributed by atoms with E-state index in [1.54, 1.807) is 16.9 Å². The third-order valence-electron chi connectivity index (χ3n) is 6.06. The lowest BCUT2D eigenvalue weighted by Gasteiger charge is -2.39. The lowest BCUT2D eigenvalue weighted by atomic mass is 9.82. The molecule has 1 fully saturated rings. The summed E-state index contributed by atoms with van der Waals surface area (Å²) < 4.78 is 7.74. The number of nitrogens with zero attached hydrogens (tertiary/aromatic N) is 4. The molecule has 1 unspecified atom stereocenters. The number of piperidine rings is 1. The quantitative estimate of drug-likeness (QED) is 0.521. The molecular formula is C25H31ClN4O3. The van der Waals surface area contributed by atoms with Gasteiger partial charge in [-0.1, -0.05) is 37.6 Å². The van der Waals surface area contributed by atoms with Gasteiger partial charge in [-0.25, -0.2) is 9.78 Å². The van der Waals surface area contributed by atoms with Crippen LogP contribution in [0.2, 0.25) is 5.02 Å². The lowest BCUT2D eigenvalue weighted by molar-refractivity contribution is -0.160. The van der Waals surface area contributed by atoms with Crippen molar-refractivity contribution in [3.05, 3.63) is 47.2 Å². The lowest BCUT2D eigenvalue weighted by Crippen LogP contribution is -2.40. The highest BCUT2D eigenvalue weighted by Gasteiger charge is 2.35. The summed E-state index contributed by atoms with van der Waals surface area (Å²) in [6, 6.07) is 7.55. The summed E-state index contributed by atoms with van der Waals surface area (Å²) in [7, 11) is 0. The molecule has 1 N–H and O–H groups in total. The SMILES string of the molecule is CC1(C)CCN(c2c(C(OC(C)(C)C)C(=O)O)cnc3c(-c4cccc(Cl)c4)cnn23)CC1. The molecule has 3 heterocycles. The van der Waals surface area contributed by atoms with Crippen molar-refractivity contribution in [3.63, 3.8) is 0 Å². The normalized spacial score (nSPS) is 17.3. The largest absolute Gasteiger partial charge is 0.479 e. The summed E-state index contributed by atoms with van der Waals surface area (Å²) in [5, 5.41) is 15.4. The van der Waals surface area contributed by atoms with Gasteiger partial charge in [-0.2, -0.15) is 9.61 Å². The predicted octanol–water partition coefficient (Wildman–Crippen LogP) is 5.62. The Labute approximate surface area is 199 Å². The van der Waals surface area contributed by atoms with E-state index in [4.69, 9.17) is 16.3 Å². The maximum Gasteiger partial charge on any atom is 0.337 e. The summed E-state index contributed by atoms with van der Waals surface area (Å²) in [6.07, 6.45) is 4.22. The number of carboxylic acid groups (broad SMARTS) is 1. The van der Waals surface area contributed by atoms with Crippen molar-refractivity contribution >= 4 is 29.0 Å². The minimum Gasteiger partial charge on any atom is -0.479 e. The molecule has 176 valence electrons. The topological polar surface area (TPSA) is 80.0 Å². The highest BCUT2D eigenvalue weighted by atomic mass is 35.5. The van der Waals surface area contributed by atoms with Crippen LogP contribution in [0.15, 0.2) is 36.7 Å². The van der Waals surface area contributed by atoms with Crippen LogP contribution < -0.4 is 4.90 Å². The molecule has 2 aromatic heterocycles. The van der Waals surface area contributed by atoms with Gasteiger partial charge in [0, 0.05) is 29.9 Å². The third-order valence-corrected chi connectivity index (χ3v) is 6.29. The molecule has 8 heteroatoms. The zero-order valence-electron chi connectivity index (χ0n) is 19.8. The molecule has 0 aliphatic carbocycles. The van der Waals surface area contributed by atoms with Crippen molar-refractivity contribution in [2.24, 2.45) is 5.41 Å². The van der Waals surface area contributed by atoms with Crippen molar-refractivity contribution < 1.29 is 14.6 Å². The molecule has 0 saturated carbocycles. The molecule has 0 amide bonds. The summed E-state index contributed by atoms with van der Waals surface area (Å²) in [5.41, 5.74) is 2.50. The number of anilines is 1. The van der Waals surface area contributed by atoms with Gasteiger partial charge in [0.25, 0.3) is 0 Å². The standard InChI is InChI=1S/C25H31ClN4O3/c1-24(2,3)33-20(23(31)32)19-14-27-21-18(16-7-6-8-17(26)13-16)15-28-30(21)22(19)29-11-9-25(4,5)10-12-29/h6-8,13-15,20H,9-12H2,1-5H3,(H,31,32). The predicted molar refractivity (Wildman–Crippen MR) is 130 cm³/mol. The molecule has 0 radical (unpaired) electrons. The second kappa shape index (κ2) is 8.61. The van der Waals surface area contributed by atoms with Gasteiger partial charge in [-0.05, 0) is 56.7 Å². The number of hydrogen-bond donors (Lipinski definition) is 1. The fraction of sp³-hybridized carbons (Fsp3) is 0.480. The van der Waals surface area contributed by atoms with Gasteiger partial charge in [0.15, 0.2) is 11.8 Å². The Hall–Kier alpha value is -2.64. The van der Waals surface area contributed by atoms with Gasteiger partial charge in [-0.3, -0.25) is 0 Å². The first-order valence-electron chi connectivity index (χ1n) is 11.2. The van der Waals surface area contributed by atoms with Crippen LogP contribution in [0.4, 0.5) is 5.82 Å². The van der Waals surface area contributed by atoms with Crippen molar-refractivity contribution in [1.29, 1.82) is 0 Å². The van der Waals surface area contributed by atoms with E-state index in [0.29, 0.717) is 16.2 Å². The summed E-state index contributed by atoms with van der Waals surface area (Å²) in [4.78, 5) is 19.2. The van der Waals surface area contributed by atoms with Crippen molar-refractivity contribution in [2.45, 2.75) is 59.2 Å². The molecule has 7 nitrogen and oxygen atoms in total. The van der Waals surface area contributed by atoms with E-state index in [2.05, 4.69) is 28.8 Å². The van der Waals surface area contributed by atoms with Gasteiger partial charge >= 0.3 is 5.97 Å². The van der Waals surface area contributed by atoms with E-state index in [9.17, 15) is 9.90 Å². The number of hydrogen-bond acceptors (Lipinski definition) is 5. The monoisotopic (exact) mass is 470 g/mol. The Bertz CT molecular complexity index is 1170. The van der Waals surface area contributed by atoms with Crippen molar-refractivity contribution in [3.8, 4) is 11.1 Å². The highest BCUT2D eigenvalue weighted by Crippen LogP contribution is 2.38. The van der Waals surface area contributed by atoms with Crippen LogP contribution in [0.25, 0.3) is 16.8 Å². The average Bonchev–Trinajstić information content (AvgIpc) is 3.15. The van der Waals surface area contributed by atoms with Crippen molar-refractivity contribution in [1.82, 2.24) is 14.6 Å². The Morgan fingerprint density at radius 2 is 1.91 bits per heavy atom. The minimum absolute atomic E-state index is 0.243. The number of carbonyl (C=O) groups is 1. The first kappa shape index (κ1) is 23.5. The number of aliphatic carboxylic acids is 1. The molecule has 1 aromatic carbocycles. The molecule has 0 bridgehead atoms. The van der Waals surface area contributed by atoms with Crippen LogP contribution in [0.5, 0.6) is 0 Å². The Morgan fingerprint density at radius 3 is 2.52 bits per heavy atom. The van der Waals surface area contributed by atoms with Gasteiger partial charge < -0.3 is 14.7 Å². The fourth-order valence-electron chi connectivity index (χ4n) is 4.22. The van der Waals surface area contributed by atoms with Gasteiger partial charge in [-0.15, -0.1) is 0 Å². The molecule has 1 atom stereocenters. The first-order chi connectivity index (χ1) is 15.5. The fourth-order valence-corrected chi connectivity index (χ4v) is 4.41. The van der Waals surface area contributed by atoms with E-state index < -0.39 is 17.7 Å². The maximum absolute atomic E-state index is 12.3. The number of carboxylic acids is 1. The first-order valence-corrected chi connectivity index (χ1v) is 11.6. The van der Waals surface area contributed by atoms with Gasteiger partial charge in [0.1, 0.15) is 5.82 Å². The smallest absolute Gasteiger partial charge is 0.337 e. The van der Waals surface area contributed by atoms with Crippen LogP contribution in [0.1, 0.15) is 59.1 Å². The van der Waals surface area contributed by atoms with Gasteiger partial charge in [0.2, 0.25) is 0 Å². The van der Waals surface area contributed by atoms with E-state index in [1.807, 2.05) is 45.0 Å². The Kier molecular flexibility index (Phi) is 6.14. The Morgan fingerprint density at radius 1 is 1.21 bits per heavy atom. The van der Waals surface area contributed by atoms with E-state index in [1.165, 1.54) is 0 Å². The second-order valence-electron chi connectivity index (χ2n) is 10.4. The molecule has 0 spiro atoms. The van der Waals surface area contributed by atoms with E-state index in [0.717, 1.165) is 42.9 Å². The molecule has 3 aromatic rings. The molecule has 4 rings (SSSR count). The zero-order valence-corrected chi connectivity index (χ0v) is 20.6. The number of rotatable bonds is 5. The number of ether oxygens (including phenoxy) is 1. The van der Waals surface area contributed by atoms with Crippen LogP contribution in [-0.2, 0) is 9.53 Å². The van der Waals surface area contributed by atoms with Crippen molar-refractivity contribution in [2.75, 3.05) is 18.0 Å².